The van der Waals surface area contributed by atoms with Crippen LogP contribution in [0.2, 0.25) is 0 Å². The average Bonchev–Trinajstić information content (AvgIpc) is 3.34. The lowest BCUT2D eigenvalue weighted by Crippen LogP contribution is -2.43. The van der Waals surface area contributed by atoms with Gasteiger partial charge in [0.25, 0.3) is 5.91 Å². The molecule has 0 aromatic carbocycles. The Morgan fingerprint density at radius 2 is 2.00 bits per heavy atom. The molecule has 174 valence electrons. The van der Waals surface area contributed by atoms with Crippen LogP contribution in [0.5, 0.6) is 0 Å². The van der Waals surface area contributed by atoms with Crippen LogP contribution >= 0.6 is 0 Å². The lowest BCUT2D eigenvalue weighted by Gasteiger charge is -2.16. The Morgan fingerprint density at radius 1 is 1.24 bits per heavy atom. The number of hydrogen-bond acceptors (Lipinski definition) is 5. The van der Waals surface area contributed by atoms with Gasteiger partial charge in [-0.25, -0.2) is 13.9 Å². The number of alkyl halides is 4. The maximum Gasteiger partial charge on any atom is 0.408 e. The standard InChI is InChI=1S/C21H21F4N7O/c1-11(21(23,24)25)30-18(33)15-9-29-32-5-4-12(6-16(15)32)13-7-26-17-14(13)8-27-19(31-17)28-10-20(2,3)22/h4-9,11H,10H2,1-3H3,(H,30,33)(H2,26,27,28,31). The molecule has 0 aliphatic heterocycles. The van der Waals surface area contributed by atoms with Crippen LogP contribution in [0.15, 0.2) is 36.9 Å². The third-order valence-corrected chi connectivity index (χ3v) is 5.01. The summed E-state index contributed by atoms with van der Waals surface area (Å²) >= 11 is 0. The number of H-pyrrole nitrogens is 1. The Kier molecular flexibility index (Phi) is 5.46. The SMILES string of the molecule is CC(NC(=O)c1cnn2ccc(-c3c[nH]c4nc(NCC(C)(C)F)ncc34)cc12)C(F)(F)F. The van der Waals surface area contributed by atoms with E-state index in [-0.39, 0.29) is 18.1 Å². The second-order valence-corrected chi connectivity index (χ2v) is 8.27. The summed E-state index contributed by atoms with van der Waals surface area (Å²) in [5, 5.41) is 9.52. The highest BCUT2D eigenvalue weighted by Crippen LogP contribution is 2.29. The molecule has 33 heavy (non-hydrogen) atoms. The monoisotopic (exact) mass is 463 g/mol. The Balaban J connectivity index is 1.65. The highest BCUT2D eigenvalue weighted by Gasteiger charge is 2.37. The van der Waals surface area contributed by atoms with E-state index < -0.39 is 23.8 Å². The number of carbonyl (C=O) groups is 1. The molecule has 3 N–H and O–H groups in total. The molecule has 0 bridgehead atoms. The molecule has 1 unspecified atom stereocenters. The molecule has 4 aromatic rings. The van der Waals surface area contributed by atoms with Crippen molar-refractivity contribution in [1.82, 2.24) is 29.9 Å². The summed E-state index contributed by atoms with van der Waals surface area (Å²) in [6, 6.07) is 1.40. The molecule has 1 amide bonds. The molecule has 12 heteroatoms. The Bertz CT molecular complexity index is 1320. The fourth-order valence-corrected chi connectivity index (χ4v) is 3.20. The first-order valence-electron chi connectivity index (χ1n) is 10.0. The minimum atomic E-state index is -4.55. The van der Waals surface area contributed by atoms with E-state index in [1.54, 1.807) is 30.7 Å². The van der Waals surface area contributed by atoms with E-state index in [9.17, 15) is 22.4 Å². The fourth-order valence-electron chi connectivity index (χ4n) is 3.20. The second kappa shape index (κ2) is 8.01. The molecule has 1 atom stereocenters. The number of nitrogens with one attached hydrogen (secondary N) is 3. The maximum absolute atomic E-state index is 13.7. The van der Waals surface area contributed by atoms with Crippen LogP contribution in [0.3, 0.4) is 0 Å². The van der Waals surface area contributed by atoms with Crippen LogP contribution in [-0.2, 0) is 0 Å². The summed E-state index contributed by atoms with van der Waals surface area (Å²) in [5.41, 5.74) is 0.858. The van der Waals surface area contributed by atoms with Gasteiger partial charge in [-0.1, -0.05) is 0 Å². The number of anilines is 1. The predicted molar refractivity (Wildman–Crippen MR) is 115 cm³/mol. The number of halogens is 4. The lowest BCUT2D eigenvalue weighted by molar-refractivity contribution is -0.149. The molecule has 0 aliphatic rings. The van der Waals surface area contributed by atoms with Crippen molar-refractivity contribution in [2.75, 3.05) is 11.9 Å². The number of pyridine rings is 1. The van der Waals surface area contributed by atoms with E-state index in [1.807, 2.05) is 5.32 Å². The van der Waals surface area contributed by atoms with E-state index in [0.29, 0.717) is 22.1 Å². The average molecular weight is 463 g/mol. The summed E-state index contributed by atoms with van der Waals surface area (Å²) in [7, 11) is 0. The van der Waals surface area contributed by atoms with Gasteiger partial charge in [-0.3, -0.25) is 4.79 Å². The summed E-state index contributed by atoms with van der Waals surface area (Å²) in [6.45, 7) is 3.80. The smallest absolute Gasteiger partial charge is 0.351 e. The first kappa shape index (κ1) is 22.5. The molecule has 0 saturated carbocycles. The minimum absolute atomic E-state index is 0.0179. The van der Waals surface area contributed by atoms with Crippen LogP contribution in [0.25, 0.3) is 27.7 Å². The minimum Gasteiger partial charge on any atom is -0.351 e. The van der Waals surface area contributed by atoms with Crippen molar-refractivity contribution in [2.24, 2.45) is 0 Å². The lowest BCUT2D eigenvalue weighted by atomic mass is 10.1. The number of amides is 1. The van der Waals surface area contributed by atoms with Gasteiger partial charge in [-0.2, -0.15) is 23.3 Å². The Labute approximate surface area is 185 Å². The number of aromatic nitrogens is 5. The van der Waals surface area contributed by atoms with Gasteiger partial charge in [0.1, 0.15) is 17.4 Å². The molecule has 4 heterocycles. The zero-order chi connectivity index (χ0) is 24.0. The Morgan fingerprint density at radius 3 is 2.70 bits per heavy atom. The first-order valence-corrected chi connectivity index (χ1v) is 10.0. The summed E-state index contributed by atoms with van der Waals surface area (Å²) in [5.74, 6) is -0.605. The van der Waals surface area contributed by atoms with Crippen molar-refractivity contribution in [2.45, 2.75) is 38.7 Å². The molecular weight excluding hydrogens is 442 g/mol. The van der Waals surface area contributed by atoms with Gasteiger partial charge in [0.2, 0.25) is 5.95 Å². The number of hydrogen-bond donors (Lipinski definition) is 3. The van der Waals surface area contributed by atoms with Gasteiger partial charge in [0.15, 0.2) is 0 Å². The fraction of sp³-hybridized carbons (Fsp3) is 0.333. The van der Waals surface area contributed by atoms with E-state index in [4.69, 9.17) is 0 Å². The van der Waals surface area contributed by atoms with Crippen molar-refractivity contribution >= 4 is 28.4 Å². The van der Waals surface area contributed by atoms with E-state index >= 15 is 0 Å². The normalized spacial score (nSPS) is 13.4. The van der Waals surface area contributed by atoms with Crippen LogP contribution in [0.1, 0.15) is 31.1 Å². The van der Waals surface area contributed by atoms with Crippen LogP contribution in [0, 0.1) is 0 Å². The predicted octanol–water partition coefficient (Wildman–Crippen LogP) is 4.11. The van der Waals surface area contributed by atoms with E-state index in [2.05, 4.69) is 25.4 Å². The van der Waals surface area contributed by atoms with Gasteiger partial charge < -0.3 is 15.6 Å². The largest absolute Gasteiger partial charge is 0.408 e. The van der Waals surface area contributed by atoms with Gasteiger partial charge >= 0.3 is 6.18 Å². The molecule has 0 saturated heterocycles. The third-order valence-electron chi connectivity index (χ3n) is 5.01. The molecular formula is C21H21F4N7O. The molecule has 0 aliphatic carbocycles. The van der Waals surface area contributed by atoms with E-state index in [0.717, 1.165) is 12.5 Å². The molecule has 4 aromatic heterocycles. The molecule has 0 spiro atoms. The quantitative estimate of drug-likeness (QED) is 0.374. The molecule has 4 rings (SSSR count). The number of rotatable bonds is 6. The van der Waals surface area contributed by atoms with Gasteiger partial charge in [0.05, 0.1) is 23.8 Å². The van der Waals surface area contributed by atoms with Crippen molar-refractivity contribution in [3.8, 4) is 11.1 Å². The van der Waals surface area contributed by atoms with Crippen molar-refractivity contribution in [1.29, 1.82) is 0 Å². The summed E-state index contributed by atoms with van der Waals surface area (Å²) in [4.78, 5) is 24.0. The number of aromatic amines is 1. The van der Waals surface area contributed by atoms with Crippen LogP contribution < -0.4 is 10.6 Å². The number of carbonyl (C=O) groups excluding carboxylic acids is 1. The van der Waals surface area contributed by atoms with Crippen molar-refractivity contribution < 1.29 is 22.4 Å². The van der Waals surface area contributed by atoms with Crippen LogP contribution in [-0.4, -0.2) is 54.9 Å². The van der Waals surface area contributed by atoms with Crippen LogP contribution in [0.4, 0.5) is 23.5 Å². The van der Waals surface area contributed by atoms with Crippen molar-refractivity contribution in [3.05, 3.63) is 42.5 Å². The Hall–Kier alpha value is -3.70. The molecule has 8 nitrogen and oxygen atoms in total. The zero-order valence-electron chi connectivity index (χ0n) is 18.0. The molecule has 0 radical (unpaired) electrons. The summed E-state index contributed by atoms with van der Waals surface area (Å²) in [6.07, 6.45) is 1.56. The summed E-state index contributed by atoms with van der Waals surface area (Å²) < 4.78 is 53.6. The highest BCUT2D eigenvalue weighted by molar-refractivity contribution is 6.02. The zero-order valence-corrected chi connectivity index (χ0v) is 18.0. The van der Waals surface area contributed by atoms with Gasteiger partial charge in [-0.15, -0.1) is 0 Å². The topological polar surface area (TPSA) is 100 Å². The third kappa shape index (κ3) is 4.73. The first-order chi connectivity index (χ1) is 15.4. The number of fused-ring (bicyclic) bond motifs is 2. The van der Waals surface area contributed by atoms with Gasteiger partial charge in [0, 0.05) is 29.5 Å². The number of nitrogens with zero attached hydrogens (tertiary/aromatic N) is 4. The highest BCUT2D eigenvalue weighted by atomic mass is 19.4. The maximum atomic E-state index is 13.7. The van der Waals surface area contributed by atoms with Gasteiger partial charge in [-0.05, 0) is 38.5 Å². The molecule has 0 fully saturated rings. The second-order valence-electron chi connectivity index (χ2n) is 8.27. The van der Waals surface area contributed by atoms with E-state index in [1.165, 1.54) is 24.6 Å². The van der Waals surface area contributed by atoms with Crippen molar-refractivity contribution in [3.63, 3.8) is 0 Å².